The monoisotopic (exact) mass is 511 g/mol. The van der Waals surface area contributed by atoms with Gasteiger partial charge < -0.3 is 15.3 Å². The lowest BCUT2D eigenvalue weighted by atomic mass is 10.0. The van der Waals surface area contributed by atoms with Gasteiger partial charge in [0.1, 0.15) is 6.61 Å². The van der Waals surface area contributed by atoms with Crippen LogP contribution in [0.3, 0.4) is 0 Å². The number of aromatic nitrogens is 5. The molecule has 1 aromatic carbocycles. The van der Waals surface area contributed by atoms with E-state index in [4.69, 9.17) is 15.3 Å². The minimum Gasteiger partial charge on any atom is -0.395 e. The molecule has 2 aromatic heterocycles. The highest BCUT2D eigenvalue weighted by Gasteiger charge is 2.33. The Morgan fingerprint density at radius 3 is 2.77 bits per heavy atom. The summed E-state index contributed by atoms with van der Waals surface area (Å²) in [5.41, 5.74) is 5.37. The Kier molecular flexibility index (Phi) is 8.38. The van der Waals surface area contributed by atoms with E-state index in [1.807, 2.05) is 6.92 Å². The van der Waals surface area contributed by atoms with Gasteiger partial charge in [0.2, 0.25) is 5.82 Å². The molecule has 0 saturated carbocycles. The van der Waals surface area contributed by atoms with E-state index >= 15 is 0 Å². The van der Waals surface area contributed by atoms with Crippen LogP contribution in [-0.2, 0) is 24.5 Å². The summed E-state index contributed by atoms with van der Waals surface area (Å²) in [6.07, 6.45) is -3.17. The quantitative estimate of drug-likeness (QED) is 0.323. The minimum absolute atomic E-state index is 0.0969. The van der Waals surface area contributed by atoms with Crippen LogP contribution >= 0.6 is 11.3 Å². The standard InChI is InChI=1S/C21H24F3N7O3S/c1-12(5-4-6-15-11-35-20(26-15)34-19(25)32)10-33-28-17(18-27-29-30-31(18)3)14-8-7-13(2)16(9-14)21(22,23)24/h7-9,11-12H,4-6,10H2,1-3H3,(H2,25,32). The number of primary amides is 1. The van der Waals surface area contributed by atoms with Crippen molar-refractivity contribution in [2.24, 2.45) is 23.9 Å². The molecule has 3 rings (SSSR count). The summed E-state index contributed by atoms with van der Waals surface area (Å²) in [6.45, 7) is 3.60. The first kappa shape index (κ1) is 26.1. The molecule has 1 amide bonds. The van der Waals surface area contributed by atoms with Gasteiger partial charge in [0, 0.05) is 18.0 Å². The molecule has 0 aliphatic rings. The van der Waals surface area contributed by atoms with E-state index in [-0.39, 0.29) is 40.4 Å². The second-order valence-electron chi connectivity index (χ2n) is 7.91. The summed E-state index contributed by atoms with van der Waals surface area (Å²) < 4.78 is 46.3. The summed E-state index contributed by atoms with van der Waals surface area (Å²) in [4.78, 5) is 20.5. The van der Waals surface area contributed by atoms with Crippen LogP contribution in [0.15, 0.2) is 28.7 Å². The average Bonchev–Trinajstić information content (AvgIpc) is 3.39. The van der Waals surface area contributed by atoms with E-state index in [1.54, 1.807) is 12.4 Å². The number of carbonyl (C=O) groups excluding carboxylic acids is 1. The van der Waals surface area contributed by atoms with Crippen molar-refractivity contribution in [1.82, 2.24) is 25.2 Å². The first-order valence-corrected chi connectivity index (χ1v) is 11.4. The first-order chi connectivity index (χ1) is 16.5. The third kappa shape index (κ3) is 7.21. The molecule has 35 heavy (non-hydrogen) atoms. The van der Waals surface area contributed by atoms with Crippen molar-refractivity contribution in [3.05, 3.63) is 51.8 Å². The second-order valence-corrected chi connectivity index (χ2v) is 8.73. The Balaban J connectivity index is 1.64. The van der Waals surface area contributed by atoms with E-state index in [9.17, 15) is 18.0 Å². The van der Waals surface area contributed by atoms with Gasteiger partial charge in [0.25, 0.3) is 5.19 Å². The molecular formula is C21H24F3N7O3S. The molecule has 0 saturated heterocycles. The van der Waals surface area contributed by atoms with Crippen molar-refractivity contribution >= 4 is 23.1 Å². The van der Waals surface area contributed by atoms with E-state index < -0.39 is 17.8 Å². The number of oxime groups is 1. The van der Waals surface area contributed by atoms with Crippen LogP contribution in [0.25, 0.3) is 0 Å². The van der Waals surface area contributed by atoms with Gasteiger partial charge >= 0.3 is 12.3 Å². The zero-order valence-corrected chi connectivity index (χ0v) is 20.1. The maximum atomic E-state index is 13.4. The maximum Gasteiger partial charge on any atom is 0.416 e. The van der Waals surface area contributed by atoms with Crippen molar-refractivity contribution in [2.75, 3.05) is 6.61 Å². The fraction of sp³-hybridized carbons (Fsp3) is 0.429. The molecule has 1 unspecified atom stereocenters. The van der Waals surface area contributed by atoms with Crippen LogP contribution in [-0.4, -0.2) is 43.6 Å². The number of hydrogen-bond acceptors (Lipinski definition) is 9. The Morgan fingerprint density at radius 1 is 1.34 bits per heavy atom. The SMILES string of the molecule is Cc1ccc(C(=NOCC(C)CCCc2csc(OC(N)=O)n2)c2nnnn2C)cc1C(F)(F)F. The van der Waals surface area contributed by atoms with Gasteiger partial charge in [-0.1, -0.05) is 35.5 Å². The van der Waals surface area contributed by atoms with Gasteiger partial charge in [-0.15, -0.1) is 5.10 Å². The van der Waals surface area contributed by atoms with Gasteiger partial charge in [-0.25, -0.2) is 14.5 Å². The summed E-state index contributed by atoms with van der Waals surface area (Å²) in [5.74, 6) is 0.272. The molecule has 188 valence electrons. The molecule has 0 aliphatic carbocycles. The highest BCUT2D eigenvalue weighted by atomic mass is 32.1. The number of tetrazole rings is 1. The number of thiazole rings is 1. The van der Waals surface area contributed by atoms with Crippen LogP contribution in [0.2, 0.25) is 0 Å². The molecule has 0 bridgehead atoms. The van der Waals surface area contributed by atoms with Crippen molar-refractivity contribution in [1.29, 1.82) is 0 Å². The van der Waals surface area contributed by atoms with Gasteiger partial charge in [-0.05, 0) is 54.2 Å². The van der Waals surface area contributed by atoms with Crippen molar-refractivity contribution in [3.8, 4) is 5.19 Å². The normalized spacial score (nSPS) is 13.0. The van der Waals surface area contributed by atoms with Gasteiger partial charge in [0.05, 0.1) is 11.3 Å². The highest BCUT2D eigenvalue weighted by Crippen LogP contribution is 2.32. The Morgan fingerprint density at radius 2 is 2.11 bits per heavy atom. The third-order valence-electron chi connectivity index (χ3n) is 5.01. The molecule has 10 nitrogen and oxygen atoms in total. The molecule has 0 fully saturated rings. The molecule has 2 heterocycles. The van der Waals surface area contributed by atoms with Crippen LogP contribution in [0, 0.1) is 12.8 Å². The van der Waals surface area contributed by atoms with Crippen LogP contribution in [0.1, 0.15) is 48.0 Å². The molecule has 0 aliphatic heterocycles. The molecule has 14 heteroatoms. The van der Waals surface area contributed by atoms with Crippen molar-refractivity contribution in [2.45, 2.75) is 39.3 Å². The fourth-order valence-corrected chi connectivity index (χ4v) is 3.92. The maximum absolute atomic E-state index is 13.4. The molecule has 0 radical (unpaired) electrons. The fourth-order valence-electron chi connectivity index (χ4n) is 3.21. The largest absolute Gasteiger partial charge is 0.416 e. The van der Waals surface area contributed by atoms with Crippen LogP contribution in [0.4, 0.5) is 18.0 Å². The number of aryl methyl sites for hydroxylation is 3. The average molecular weight is 512 g/mol. The summed E-state index contributed by atoms with van der Waals surface area (Å²) in [7, 11) is 1.56. The number of alkyl halides is 3. The number of halogens is 3. The van der Waals surface area contributed by atoms with Crippen molar-refractivity contribution in [3.63, 3.8) is 0 Å². The number of nitrogens with zero attached hydrogens (tertiary/aromatic N) is 6. The molecule has 0 spiro atoms. The summed E-state index contributed by atoms with van der Waals surface area (Å²) >= 11 is 1.19. The Hall–Kier alpha value is -3.55. The van der Waals surface area contributed by atoms with E-state index in [1.165, 1.54) is 35.1 Å². The number of hydrogen-bond donors (Lipinski definition) is 1. The molecule has 1 atom stereocenters. The van der Waals surface area contributed by atoms with Gasteiger partial charge in [-0.2, -0.15) is 13.2 Å². The summed E-state index contributed by atoms with van der Waals surface area (Å²) in [5, 5.41) is 17.3. The van der Waals surface area contributed by atoms with Crippen LogP contribution in [0.5, 0.6) is 5.19 Å². The van der Waals surface area contributed by atoms with E-state index in [2.05, 4.69) is 25.7 Å². The van der Waals surface area contributed by atoms with E-state index in [0.29, 0.717) is 6.42 Å². The number of carbonyl (C=O) groups is 1. The van der Waals surface area contributed by atoms with Gasteiger partial charge in [0.15, 0.2) is 5.71 Å². The number of benzene rings is 1. The molecule has 2 N–H and O–H groups in total. The minimum atomic E-state index is -4.51. The lowest BCUT2D eigenvalue weighted by molar-refractivity contribution is -0.138. The van der Waals surface area contributed by atoms with Gasteiger partial charge in [-0.3, -0.25) is 0 Å². The Labute approximate surface area is 202 Å². The lowest BCUT2D eigenvalue weighted by Crippen LogP contribution is -2.16. The number of amides is 1. The second kappa shape index (κ2) is 11.3. The first-order valence-electron chi connectivity index (χ1n) is 10.6. The molecule has 3 aromatic rings. The topological polar surface area (TPSA) is 130 Å². The Bertz CT molecular complexity index is 1190. The smallest absolute Gasteiger partial charge is 0.395 e. The number of ether oxygens (including phenoxy) is 1. The van der Waals surface area contributed by atoms with Crippen LogP contribution < -0.4 is 10.5 Å². The van der Waals surface area contributed by atoms with E-state index in [0.717, 1.165) is 24.6 Å². The summed E-state index contributed by atoms with van der Waals surface area (Å²) in [6, 6.07) is 3.91. The zero-order valence-electron chi connectivity index (χ0n) is 19.2. The predicted octanol–water partition coefficient (Wildman–Crippen LogP) is 3.88. The number of nitrogens with two attached hydrogens (primary N) is 1. The third-order valence-corrected chi connectivity index (χ3v) is 5.78. The predicted molar refractivity (Wildman–Crippen MR) is 121 cm³/mol. The zero-order chi connectivity index (χ0) is 25.6. The molecular weight excluding hydrogens is 487 g/mol. The highest BCUT2D eigenvalue weighted by molar-refractivity contribution is 7.11. The number of rotatable bonds is 10. The van der Waals surface area contributed by atoms with Crippen molar-refractivity contribution < 1.29 is 27.5 Å². The lowest BCUT2D eigenvalue weighted by Gasteiger charge is -2.13.